The molecule has 0 radical (unpaired) electrons. The van der Waals surface area contributed by atoms with Crippen molar-refractivity contribution in [2.75, 3.05) is 40.5 Å². The summed E-state index contributed by atoms with van der Waals surface area (Å²) in [5.74, 6) is -0.227. The van der Waals surface area contributed by atoms with Crippen LogP contribution in [0.3, 0.4) is 0 Å². The summed E-state index contributed by atoms with van der Waals surface area (Å²) in [4.78, 5) is 12.9. The zero-order valence-electron chi connectivity index (χ0n) is 9.36. The second-order valence-corrected chi connectivity index (χ2v) is 3.07. The lowest BCUT2D eigenvalue weighted by Gasteiger charge is -2.19. The third-order valence-corrected chi connectivity index (χ3v) is 2.01. The Morgan fingerprint density at radius 3 is 2.60 bits per heavy atom. The van der Waals surface area contributed by atoms with Crippen molar-refractivity contribution < 1.29 is 14.3 Å². The summed E-state index contributed by atoms with van der Waals surface area (Å²) < 4.78 is 9.49. The molecule has 86 valence electrons. The van der Waals surface area contributed by atoms with Crippen LogP contribution in [0.15, 0.2) is 0 Å². The Labute approximate surface area is 90.6 Å². The number of carbonyl (C=O) groups excluding carboxylic acids is 1. The summed E-state index contributed by atoms with van der Waals surface area (Å²) in [6.07, 6.45) is 0.816. The fourth-order valence-electron chi connectivity index (χ4n) is 1.12. The first-order valence-corrected chi connectivity index (χ1v) is 4.89. The van der Waals surface area contributed by atoms with Gasteiger partial charge in [0.15, 0.2) is 0 Å². The predicted molar refractivity (Wildman–Crippen MR) is 55.2 cm³/mol. The van der Waals surface area contributed by atoms with Gasteiger partial charge in [0, 0.05) is 33.2 Å². The van der Waals surface area contributed by atoms with Crippen molar-refractivity contribution >= 4 is 5.97 Å². The van der Waals surface area contributed by atoms with Crippen LogP contribution in [0, 0.1) is 11.3 Å². The van der Waals surface area contributed by atoms with Gasteiger partial charge in [-0.2, -0.15) is 5.26 Å². The fraction of sp³-hybridized carbons (Fsp3) is 0.800. The number of hydrogen-bond acceptors (Lipinski definition) is 5. The van der Waals surface area contributed by atoms with Crippen molar-refractivity contribution in [2.45, 2.75) is 12.8 Å². The Bertz CT molecular complexity index is 213. The molecule has 5 heteroatoms. The minimum Gasteiger partial charge on any atom is -0.469 e. The number of hydrogen-bond donors (Lipinski definition) is 0. The fourth-order valence-corrected chi connectivity index (χ4v) is 1.12. The minimum atomic E-state index is -0.227. The molecule has 0 N–H and O–H groups in total. The summed E-state index contributed by atoms with van der Waals surface area (Å²) in [5, 5.41) is 8.46. The molecule has 0 atom stereocenters. The molecule has 15 heavy (non-hydrogen) atoms. The highest BCUT2D eigenvalue weighted by Gasteiger charge is 2.07. The highest BCUT2D eigenvalue weighted by molar-refractivity contribution is 5.69. The van der Waals surface area contributed by atoms with Gasteiger partial charge in [0.2, 0.25) is 0 Å². The molecule has 0 unspecified atom stereocenters. The van der Waals surface area contributed by atoms with Gasteiger partial charge in [-0.15, -0.1) is 0 Å². The topological polar surface area (TPSA) is 62.6 Å². The Kier molecular flexibility index (Phi) is 8.73. The number of esters is 1. The van der Waals surface area contributed by atoms with Gasteiger partial charge in [-0.3, -0.25) is 9.69 Å². The first-order chi connectivity index (χ1) is 7.24. The molecule has 0 bridgehead atoms. The van der Waals surface area contributed by atoms with E-state index in [1.54, 1.807) is 7.11 Å². The molecule has 0 fully saturated rings. The van der Waals surface area contributed by atoms with E-state index in [1.807, 2.05) is 4.90 Å². The summed E-state index contributed by atoms with van der Waals surface area (Å²) >= 11 is 0. The smallest absolute Gasteiger partial charge is 0.306 e. The number of nitrogens with zero attached hydrogens (tertiary/aromatic N) is 2. The summed E-state index contributed by atoms with van der Waals surface area (Å²) in [5.41, 5.74) is 0. The highest BCUT2D eigenvalue weighted by Crippen LogP contribution is 1.95. The highest BCUT2D eigenvalue weighted by atomic mass is 16.5. The molecule has 0 saturated carbocycles. The maximum Gasteiger partial charge on any atom is 0.306 e. The Morgan fingerprint density at radius 1 is 1.33 bits per heavy atom. The van der Waals surface area contributed by atoms with Crippen molar-refractivity contribution in [1.29, 1.82) is 5.26 Å². The maximum atomic E-state index is 10.9. The molecule has 0 heterocycles. The van der Waals surface area contributed by atoms with Crippen molar-refractivity contribution in [3.63, 3.8) is 0 Å². The zero-order chi connectivity index (χ0) is 11.5. The number of ether oxygens (including phenoxy) is 2. The molecule has 0 aliphatic rings. The Morgan fingerprint density at radius 2 is 2.07 bits per heavy atom. The molecular formula is C10H18N2O3. The number of carbonyl (C=O) groups is 1. The largest absolute Gasteiger partial charge is 0.469 e. The van der Waals surface area contributed by atoms with Crippen LogP contribution in [0.2, 0.25) is 0 Å². The molecule has 0 rings (SSSR count). The number of methoxy groups -OCH3 is 2. The summed E-state index contributed by atoms with van der Waals surface area (Å²) in [6, 6.07) is 2.08. The van der Waals surface area contributed by atoms with Crippen molar-refractivity contribution in [1.82, 2.24) is 4.90 Å². The van der Waals surface area contributed by atoms with Crippen molar-refractivity contribution in [2.24, 2.45) is 0 Å². The lowest BCUT2D eigenvalue weighted by Crippen LogP contribution is -2.30. The van der Waals surface area contributed by atoms with Gasteiger partial charge in [0.1, 0.15) is 0 Å². The monoisotopic (exact) mass is 214 g/mol. The van der Waals surface area contributed by atoms with Crippen LogP contribution in [-0.2, 0) is 14.3 Å². The van der Waals surface area contributed by atoms with Crippen LogP contribution in [0.5, 0.6) is 0 Å². The Balaban J connectivity index is 3.79. The van der Waals surface area contributed by atoms with Crippen molar-refractivity contribution in [3.05, 3.63) is 0 Å². The van der Waals surface area contributed by atoms with Crippen LogP contribution in [0.25, 0.3) is 0 Å². The van der Waals surface area contributed by atoms with Gasteiger partial charge in [-0.05, 0) is 0 Å². The van der Waals surface area contributed by atoms with E-state index >= 15 is 0 Å². The average molecular weight is 214 g/mol. The van der Waals surface area contributed by atoms with E-state index in [9.17, 15) is 4.79 Å². The van der Waals surface area contributed by atoms with Crippen LogP contribution in [0.4, 0.5) is 0 Å². The third-order valence-electron chi connectivity index (χ3n) is 2.01. The predicted octanol–water partition coefficient (Wildman–Crippen LogP) is 0.412. The molecule has 0 saturated heterocycles. The first-order valence-electron chi connectivity index (χ1n) is 4.89. The molecule has 0 aromatic heterocycles. The van der Waals surface area contributed by atoms with Crippen LogP contribution in [-0.4, -0.2) is 51.3 Å². The molecule has 0 aliphatic carbocycles. The molecular weight excluding hydrogens is 196 g/mol. The van der Waals surface area contributed by atoms with E-state index in [0.29, 0.717) is 32.5 Å². The van der Waals surface area contributed by atoms with Crippen LogP contribution in [0.1, 0.15) is 12.8 Å². The van der Waals surface area contributed by atoms with E-state index in [1.165, 1.54) is 7.11 Å². The van der Waals surface area contributed by atoms with Gasteiger partial charge in [-0.25, -0.2) is 0 Å². The quantitative estimate of drug-likeness (QED) is 0.548. The van der Waals surface area contributed by atoms with E-state index in [-0.39, 0.29) is 5.97 Å². The number of nitriles is 1. The lowest BCUT2D eigenvalue weighted by molar-refractivity contribution is -0.141. The average Bonchev–Trinajstić information content (AvgIpc) is 2.27. The van der Waals surface area contributed by atoms with E-state index < -0.39 is 0 Å². The standard InChI is InChI=1S/C10H18N2O3/c1-14-9-8-12(6-3-5-11)7-4-10(13)15-2/h3-4,6-9H2,1-2H3. The van der Waals surface area contributed by atoms with Gasteiger partial charge in [-0.1, -0.05) is 0 Å². The summed E-state index contributed by atoms with van der Waals surface area (Å²) in [7, 11) is 3.00. The molecule has 0 aliphatic heterocycles. The second-order valence-electron chi connectivity index (χ2n) is 3.07. The maximum absolute atomic E-state index is 10.9. The van der Waals surface area contributed by atoms with E-state index in [4.69, 9.17) is 10.00 Å². The second kappa shape index (κ2) is 9.44. The van der Waals surface area contributed by atoms with E-state index in [2.05, 4.69) is 10.8 Å². The first kappa shape index (κ1) is 13.9. The molecule has 0 aromatic rings. The van der Waals surface area contributed by atoms with E-state index in [0.717, 1.165) is 6.54 Å². The van der Waals surface area contributed by atoms with Gasteiger partial charge in [0.25, 0.3) is 0 Å². The normalized spacial score (nSPS) is 10.0. The molecule has 0 spiro atoms. The third kappa shape index (κ3) is 7.91. The van der Waals surface area contributed by atoms with Crippen LogP contribution < -0.4 is 0 Å². The molecule has 5 nitrogen and oxygen atoms in total. The SMILES string of the molecule is COCCN(CCC#N)CCC(=O)OC. The van der Waals surface area contributed by atoms with Gasteiger partial charge >= 0.3 is 5.97 Å². The molecule has 0 aromatic carbocycles. The van der Waals surface area contributed by atoms with Crippen molar-refractivity contribution in [3.8, 4) is 6.07 Å². The van der Waals surface area contributed by atoms with Gasteiger partial charge in [0.05, 0.1) is 26.2 Å². The zero-order valence-corrected chi connectivity index (χ0v) is 9.36. The van der Waals surface area contributed by atoms with Gasteiger partial charge < -0.3 is 9.47 Å². The number of rotatable bonds is 8. The van der Waals surface area contributed by atoms with Crippen LogP contribution >= 0.6 is 0 Å². The minimum absolute atomic E-state index is 0.227. The Hall–Kier alpha value is -1.12. The molecule has 0 amide bonds. The summed E-state index contributed by atoms with van der Waals surface area (Å²) in [6.45, 7) is 2.61. The lowest BCUT2D eigenvalue weighted by atomic mass is 10.3.